The predicted octanol–water partition coefficient (Wildman–Crippen LogP) is 3.59. The maximum atomic E-state index is 13.0. The molecule has 2 aromatic rings. The number of ether oxygens (including phenoxy) is 2. The minimum atomic E-state index is -4.02. The number of nitro groups is 1. The largest absolute Gasteiger partial charge is 0.444 e. The van der Waals surface area contributed by atoms with Crippen LogP contribution in [0.4, 0.5) is 10.5 Å². The number of nitrogens with one attached hydrogen (secondary N) is 1. The summed E-state index contributed by atoms with van der Waals surface area (Å²) in [4.78, 5) is 24.5. The molecule has 0 bridgehead atoms. The van der Waals surface area contributed by atoms with Gasteiger partial charge in [0.2, 0.25) is 10.0 Å². The van der Waals surface area contributed by atoms with Gasteiger partial charge in [0.15, 0.2) is 6.23 Å². The van der Waals surface area contributed by atoms with E-state index in [0.29, 0.717) is 0 Å². The summed E-state index contributed by atoms with van der Waals surface area (Å²) >= 11 is 0. The summed E-state index contributed by atoms with van der Waals surface area (Å²) in [6.07, 6.45) is 1.65. The van der Waals surface area contributed by atoms with Crippen LogP contribution in [0.1, 0.15) is 26.3 Å². The van der Waals surface area contributed by atoms with Gasteiger partial charge in [0.1, 0.15) is 6.61 Å². The molecule has 2 aromatic carbocycles. The number of sulfonamides is 1. The highest BCUT2D eigenvalue weighted by Gasteiger charge is 2.38. The Hall–Kier alpha value is -3.28. The van der Waals surface area contributed by atoms with Crippen molar-refractivity contribution in [1.29, 1.82) is 0 Å². The van der Waals surface area contributed by atoms with Crippen LogP contribution in [0, 0.1) is 10.1 Å². The van der Waals surface area contributed by atoms with Crippen molar-refractivity contribution in [1.82, 2.24) is 9.62 Å². The van der Waals surface area contributed by atoms with E-state index in [0.717, 1.165) is 29.8 Å². The highest BCUT2D eigenvalue weighted by atomic mass is 32.2. The van der Waals surface area contributed by atoms with Gasteiger partial charge in [-0.15, -0.1) is 0 Å². The molecule has 1 aliphatic heterocycles. The first-order chi connectivity index (χ1) is 16.1. The summed E-state index contributed by atoms with van der Waals surface area (Å²) in [6, 6.07) is 12.3. The number of non-ortho nitro benzene ring substituents is 1. The Morgan fingerprint density at radius 2 is 1.76 bits per heavy atom. The molecule has 1 heterocycles. The van der Waals surface area contributed by atoms with Gasteiger partial charge in [-0.1, -0.05) is 36.4 Å². The lowest BCUT2D eigenvalue weighted by Crippen LogP contribution is -2.58. The third-order valence-corrected chi connectivity index (χ3v) is 6.67. The van der Waals surface area contributed by atoms with Gasteiger partial charge in [-0.3, -0.25) is 15.0 Å². The Balaban J connectivity index is 1.79. The van der Waals surface area contributed by atoms with Crippen molar-refractivity contribution in [2.75, 3.05) is 0 Å². The summed E-state index contributed by atoms with van der Waals surface area (Å²) in [6.45, 7) is 5.40. The summed E-state index contributed by atoms with van der Waals surface area (Å²) < 4.78 is 39.7. The number of nitrogens with zero attached hydrogens (tertiary/aromatic N) is 2. The first-order valence-electron chi connectivity index (χ1n) is 10.7. The van der Waals surface area contributed by atoms with Crippen LogP contribution in [-0.4, -0.2) is 48.7 Å². The zero-order valence-electron chi connectivity index (χ0n) is 19.0. The molecular weight excluding hydrogens is 462 g/mol. The maximum absolute atomic E-state index is 13.0. The molecule has 3 atom stereocenters. The lowest BCUT2D eigenvalue weighted by molar-refractivity contribution is -0.384. The van der Waals surface area contributed by atoms with Crippen molar-refractivity contribution in [3.8, 4) is 0 Å². The van der Waals surface area contributed by atoms with Crippen LogP contribution in [0.15, 0.2) is 71.6 Å². The second kappa shape index (κ2) is 10.8. The fourth-order valence-electron chi connectivity index (χ4n) is 3.46. The Morgan fingerprint density at radius 3 is 2.35 bits per heavy atom. The standard InChI is InChI=1S/C23H27N3O7S/c1-16(2)33-22-14-13-21(24-34(30,31)20-11-9-19(10-12-20)26(28)29)17(3)25(22)23(27)32-15-18-7-5-4-6-8-18/h4-14,16-17,21-22,24H,15H2,1-3H3/t17-,21+,22-/m1/s1. The topological polar surface area (TPSA) is 128 Å². The molecule has 0 fully saturated rings. The lowest BCUT2D eigenvalue weighted by atomic mass is 10.0. The van der Waals surface area contributed by atoms with Gasteiger partial charge in [0.25, 0.3) is 5.69 Å². The van der Waals surface area contributed by atoms with E-state index < -0.39 is 39.4 Å². The van der Waals surface area contributed by atoms with Crippen LogP contribution < -0.4 is 4.72 Å². The quantitative estimate of drug-likeness (QED) is 0.341. The van der Waals surface area contributed by atoms with E-state index in [4.69, 9.17) is 9.47 Å². The third kappa shape index (κ3) is 6.19. The number of hydrogen-bond donors (Lipinski definition) is 1. The van der Waals surface area contributed by atoms with Gasteiger partial charge in [-0.25, -0.2) is 17.9 Å². The molecular formula is C23H27N3O7S. The number of rotatable bonds is 8. The summed E-state index contributed by atoms with van der Waals surface area (Å²) in [7, 11) is -4.02. The predicted molar refractivity (Wildman–Crippen MR) is 124 cm³/mol. The Bertz CT molecular complexity index is 1130. The molecule has 10 nitrogen and oxygen atoms in total. The van der Waals surface area contributed by atoms with E-state index in [-0.39, 0.29) is 23.3 Å². The number of amides is 1. The molecule has 1 N–H and O–H groups in total. The Labute approximate surface area is 198 Å². The summed E-state index contributed by atoms with van der Waals surface area (Å²) in [5.74, 6) is 0. The third-order valence-electron chi connectivity index (χ3n) is 5.19. The highest BCUT2D eigenvalue weighted by molar-refractivity contribution is 7.89. The minimum absolute atomic E-state index is 0.0557. The van der Waals surface area contributed by atoms with Gasteiger partial charge in [-0.05, 0) is 44.5 Å². The Morgan fingerprint density at radius 1 is 1.12 bits per heavy atom. The van der Waals surface area contributed by atoms with Crippen molar-refractivity contribution in [3.05, 3.63) is 82.4 Å². The average molecular weight is 490 g/mol. The molecule has 0 aliphatic carbocycles. The van der Waals surface area contributed by atoms with Gasteiger partial charge >= 0.3 is 6.09 Å². The van der Waals surface area contributed by atoms with E-state index in [1.54, 1.807) is 19.1 Å². The molecule has 1 aliphatic rings. The van der Waals surface area contributed by atoms with Gasteiger partial charge in [0.05, 0.1) is 28.0 Å². The zero-order valence-corrected chi connectivity index (χ0v) is 19.8. The second-order valence-corrected chi connectivity index (χ2v) is 9.76. The summed E-state index contributed by atoms with van der Waals surface area (Å²) in [5.41, 5.74) is 0.596. The van der Waals surface area contributed by atoms with Crippen molar-refractivity contribution in [2.45, 2.75) is 56.7 Å². The van der Waals surface area contributed by atoms with Gasteiger partial charge < -0.3 is 9.47 Å². The molecule has 0 radical (unpaired) electrons. The SMILES string of the molecule is CC(C)O[C@@H]1C=C[C@H](NS(=O)(=O)c2ccc([N+](=O)[O-])cc2)[C@@H](C)N1C(=O)OCc1ccccc1. The van der Waals surface area contributed by atoms with E-state index in [9.17, 15) is 23.3 Å². The number of carbonyl (C=O) groups excluding carboxylic acids is 1. The van der Waals surface area contributed by atoms with Crippen molar-refractivity contribution in [3.63, 3.8) is 0 Å². The monoisotopic (exact) mass is 489 g/mol. The number of hydrogen-bond acceptors (Lipinski definition) is 7. The van der Waals surface area contributed by atoms with Crippen molar-refractivity contribution >= 4 is 21.8 Å². The normalized spacial score (nSPS) is 20.4. The molecule has 0 spiro atoms. The van der Waals surface area contributed by atoms with E-state index in [1.165, 1.54) is 4.90 Å². The molecule has 11 heteroatoms. The fourth-order valence-corrected chi connectivity index (χ4v) is 4.72. The lowest BCUT2D eigenvalue weighted by Gasteiger charge is -2.41. The van der Waals surface area contributed by atoms with Gasteiger partial charge in [-0.2, -0.15) is 0 Å². The van der Waals surface area contributed by atoms with Crippen LogP contribution in [0.2, 0.25) is 0 Å². The summed E-state index contributed by atoms with van der Waals surface area (Å²) in [5, 5.41) is 10.8. The van der Waals surface area contributed by atoms with Crippen LogP contribution in [0.25, 0.3) is 0 Å². The molecule has 182 valence electrons. The molecule has 1 amide bonds. The fraction of sp³-hybridized carbons (Fsp3) is 0.348. The Kier molecular flexibility index (Phi) is 8.02. The number of carbonyl (C=O) groups is 1. The molecule has 3 rings (SSSR count). The molecule has 0 unspecified atom stereocenters. The molecule has 34 heavy (non-hydrogen) atoms. The van der Waals surface area contributed by atoms with E-state index >= 15 is 0 Å². The molecule has 0 saturated carbocycles. The maximum Gasteiger partial charge on any atom is 0.412 e. The second-order valence-electron chi connectivity index (χ2n) is 8.05. The van der Waals surface area contributed by atoms with Crippen molar-refractivity contribution in [2.24, 2.45) is 0 Å². The van der Waals surface area contributed by atoms with E-state index in [2.05, 4.69) is 4.72 Å². The minimum Gasteiger partial charge on any atom is -0.444 e. The smallest absolute Gasteiger partial charge is 0.412 e. The molecule has 0 aromatic heterocycles. The zero-order chi connectivity index (χ0) is 24.9. The van der Waals surface area contributed by atoms with Crippen LogP contribution in [-0.2, 0) is 26.1 Å². The molecule has 0 saturated heterocycles. The highest BCUT2D eigenvalue weighted by Crippen LogP contribution is 2.24. The first-order valence-corrected chi connectivity index (χ1v) is 12.2. The average Bonchev–Trinajstić information content (AvgIpc) is 2.80. The van der Waals surface area contributed by atoms with Crippen LogP contribution in [0.5, 0.6) is 0 Å². The van der Waals surface area contributed by atoms with Gasteiger partial charge in [0, 0.05) is 12.1 Å². The van der Waals surface area contributed by atoms with Crippen LogP contribution in [0.3, 0.4) is 0 Å². The first kappa shape index (κ1) is 25.3. The number of nitro benzene ring substituents is 1. The number of benzene rings is 2. The van der Waals surface area contributed by atoms with Crippen LogP contribution >= 0.6 is 0 Å². The van der Waals surface area contributed by atoms with E-state index in [1.807, 2.05) is 44.2 Å². The van der Waals surface area contributed by atoms with Crippen molar-refractivity contribution < 1.29 is 27.6 Å².